The van der Waals surface area contributed by atoms with Gasteiger partial charge in [0.1, 0.15) is 11.4 Å². The van der Waals surface area contributed by atoms with Gasteiger partial charge < -0.3 is 14.4 Å². The fraction of sp³-hybridized carbons (Fsp3) is 0.444. The zero-order valence-corrected chi connectivity index (χ0v) is 19.9. The van der Waals surface area contributed by atoms with Gasteiger partial charge in [-0.25, -0.2) is 4.79 Å². The number of rotatable bonds is 6. The van der Waals surface area contributed by atoms with E-state index in [1.54, 1.807) is 17.0 Å². The van der Waals surface area contributed by atoms with Crippen LogP contribution in [-0.2, 0) is 4.74 Å². The number of amides is 1. The first-order valence-electron chi connectivity index (χ1n) is 11.4. The Hall–Kier alpha value is -3.33. The lowest BCUT2D eigenvalue weighted by atomic mass is 9.94. The lowest BCUT2D eigenvalue weighted by molar-refractivity contribution is 0.0177. The molecule has 0 unspecified atom stereocenters. The summed E-state index contributed by atoms with van der Waals surface area (Å²) in [5.41, 5.74) is 2.39. The van der Waals surface area contributed by atoms with Crippen LogP contribution in [0.4, 0.5) is 4.79 Å². The minimum atomic E-state index is -0.481. The topological polar surface area (TPSA) is 79.6 Å². The lowest BCUT2D eigenvalue weighted by Gasteiger charge is -2.33. The smallest absolute Gasteiger partial charge is 0.410 e. The van der Waals surface area contributed by atoms with Crippen LogP contribution in [0.3, 0.4) is 0 Å². The Morgan fingerprint density at radius 3 is 2.45 bits per heavy atom. The number of piperidine rings is 1. The monoisotopic (exact) mass is 448 g/mol. The Balaban J connectivity index is 1.58. The van der Waals surface area contributed by atoms with Crippen LogP contribution in [0, 0.1) is 17.2 Å². The van der Waals surface area contributed by atoms with Crippen LogP contribution in [0.5, 0.6) is 5.75 Å². The molecule has 0 saturated carbocycles. The van der Waals surface area contributed by atoms with E-state index in [1.165, 1.54) is 6.92 Å². The van der Waals surface area contributed by atoms with E-state index in [9.17, 15) is 14.9 Å². The molecule has 174 valence electrons. The zero-order chi connectivity index (χ0) is 24.0. The first-order valence-corrected chi connectivity index (χ1v) is 11.4. The van der Waals surface area contributed by atoms with Gasteiger partial charge in [-0.15, -0.1) is 0 Å². The summed E-state index contributed by atoms with van der Waals surface area (Å²) in [6, 6.07) is 15.0. The third kappa shape index (κ3) is 7.08. The van der Waals surface area contributed by atoms with Gasteiger partial charge in [-0.2, -0.15) is 5.26 Å². The average molecular weight is 449 g/mol. The first kappa shape index (κ1) is 24.3. The van der Waals surface area contributed by atoms with Gasteiger partial charge in [0.2, 0.25) is 0 Å². The van der Waals surface area contributed by atoms with Crippen molar-refractivity contribution in [3.05, 3.63) is 53.6 Å². The van der Waals surface area contributed by atoms with Gasteiger partial charge in [-0.3, -0.25) is 4.79 Å². The molecule has 1 heterocycles. The lowest BCUT2D eigenvalue weighted by Crippen LogP contribution is -2.41. The third-order valence-electron chi connectivity index (χ3n) is 5.70. The summed E-state index contributed by atoms with van der Waals surface area (Å²) >= 11 is 0. The number of ether oxygens (including phenoxy) is 2. The summed E-state index contributed by atoms with van der Waals surface area (Å²) < 4.78 is 11.5. The predicted octanol–water partition coefficient (Wildman–Crippen LogP) is 5.84. The van der Waals surface area contributed by atoms with E-state index in [2.05, 4.69) is 6.07 Å². The van der Waals surface area contributed by atoms with Crippen LogP contribution in [0.15, 0.2) is 42.5 Å². The highest BCUT2D eigenvalue weighted by molar-refractivity contribution is 5.96. The molecule has 1 fully saturated rings. The predicted molar refractivity (Wildman–Crippen MR) is 127 cm³/mol. The molecule has 1 amide bonds. The van der Waals surface area contributed by atoms with Gasteiger partial charge in [-0.1, -0.05) is 12.1 Å². The molecule has 3 rings (SSSR count). The Morgan fingerprint density at radius 2 is 1.82 bits per heavy atom. The first-order chi connectivity index (χ1) is 15.6. The van der Waals surface area contributed by atoms with Gasteiger partial charge in [-0.05, 0) is 94.3 Å². The average Bonchev–Trinajstić information content (AvgIpc) is 2.78. The van der Waals surface area contributed by atoms with Gasteiger partial charge in [0, 0.05) is 18.7 Å². The molecule has 1 aliphatic rings. The molecular formula is C27H32N2O4. The number of hydrogen-bond acceptors (Lipinski definition) is 5. The molecular weight excluding hydrogens is 416 g/mol. The fourth-order valence-corrected chi connectivity index (χ4v) is 3.89. The molecule has 0 atom stereocenters. The number of hydrogen-bond donors (Lipinski definition) is 0. The van der Waals surface area contributed by atoms with Gasteiger partial charge in [0.05, 0.1) is 18.2 Å². The van der Waals surface area contributed by atoms with Crippen LogP contribution in [0.25, 0.3) is 11.1 Å². The number of benzene rings is 2. The number of Topliss-reactive ketones (excluding diaryl/α,β-unsaturated/α-hetero) is 1. The fourth-order valence-electron chi connectivity index (χ4n) is 3.89. The molecule has 6 nitrogen and oxygen atoms in total. The minimum Gasteiger partial charge on any atom is -0.494 e. The highest BCUT2D eigenvalue weighted by Gasteiger charge is 2.26. The van der Waals surface area contributed by atoms with E-state index in [4.69, 9.17) is 9.47 Å². The van der Waals surface area contributed by atoms with Crippen molar-refractivity contribution in [2.45, 2.75) is 52.6 Å². The Labute approximate surface area is 196 Å². The second-order valence-electron chi connectivity index (χ2n) is 9.54. The zero-order valence-electron chi connectivity index (χ0n) is 19.9. The molecule has 2 aromatic rings. The Bertz CT molecular complexity index is 1040. The Morgan fingerprint density at radius 1 is 1.09 bits per heavy atom. The highest BCUT2D eigenvalue weighted by atomic mass is 16.6. The normalized spacial score (nSPS) is 14.5. The number of nitriles is 1. The molecule has 6 heteroatoms. The van der Waals surface area contributed by atoms with Crippen LogP contribution in [-0.4, -0.2) is 42.1 Å². The number of carbonyl (C=O) groups excluding carboxylic acids is 2. The summed E-state index contributed by atoms with van der Waals surface area (Å²) in [6.45, 7) is 9.09. The van der Waals surface area contributed by atoms with E-state index in [1.807, 2.05) is 51.1 Å². The van der Waals surface area contributed by atoms with Crippen LogP contribution in [0.1, 0.15) is 62.9 Å². The summed E-state index contributed by atoms with van der Waals surface area (Å²) in [4.78, 5) is 26.1. The van der Waals surface area contributed by atoms with Crippen LogP contribution < -0.4 is 4.74 Å². The van der Waals surface area contributed by atoms with Crippen molar-refractivity contribution in [2.75, 3.05) is 19.7 Å². The molecule has 1 saturated heterocycles. The number of likely N-dealkylation sites (tertiary alicyclic amines) is 1. The standard InChI is InChI=1S/C27H32N2O4/c1-19(30)23-15-24(22-7-5-6-21(14-22)18-28)17-25(16-23)32-13-10-20-8-11-29(12-9-20)26(31)33-27(2,3)4/h5-7,14-17,20H,8-13H2,1-4H3. The van der Waals surface area contributed by atoms with Crippen molar-refractivity contribution in [1.82, 2.24) is 4.90 Å². The van der Waals surface area contributed by atoms with E-state index in [-0.39, 0.29) is 11.9 Å². The maximum absolute atomic E-state index is 12.2. The third-order valence-corrected chi connectivity index (χ3v) is 5.70. The van der Waals surface area contributed by atoms with Gasteiger partial charge >= 0.3 is 6.09 Å². The number of carbonyl (C=O) groups is 2. The Kier molecular flexibility index (Phi) is 7.75. The van der Waals surface area contributed by atoms with E-state index in [0.717, 1.165) is 30.4 Å². The van der Waals surface area contributed by atoms with Crippen molar-refractivity contribution >= 4 is 11.9 Å². The molecule has 0 aliphatic carbocycles. The van der Waals surface area contributed by atoms with E-state index >= 15 is 0 Å². The summed E-state index contributed by atoms with van der Waals surface area (Å²) in [6.07, 6.45) is 2.47. The van der Waals surface area contributed by atoms with Crippen LogP contribution >= 0.6 is 0 Å². The molecule has 0 radical (unpaired) electrons. The van der Waals surface area contributed by atoms with Gasteiger partial charge in [0.15, 0.2) is 5.78 Å². The molecule has 1 aliphatic heterocycles. The van der Waals surface area contributed by atoms with Crippen molar-refractivity contribution in [3.63, 3.8) is 0 Å². The number of nitrogens with zero attached hydrogens (tertiary/aromatic N) is 2. The molecule has 2 aromatic carbocycles. The maximum atomic E-state index is 12.2. The van der Waals surface area contributed by atoms with Gasteiger partial charge in [0.25, 0.3) is 0 Å². The molecule has 0 bridgehead atoms. The largest absolute Gasteiger partial charge is 0.494 e. The van der Waals surface area contributed by atoms with Crippen LogP contribution in [0.2, 0.25) is 0 Å². The summed E-state index contributed by atoms with van der Waals surface area (Å²) in [5, 5.41) is 9.19. The second kappa shape index (κ2) is 10.5. The molecule has 0 N–H and O–H groups in total. The van der Waals surface area contributed by atoms with Crippen molar-refractivity contribution < 1.29 is 19.1 Å². The van der Waals surface area contributed by atoms with Crippen molar-refractivity contribution in [1.29, 1.82) is 5.26 Å². The summed E-state index contributed by atoms with van der Waals surface area (Å²) in [7, 11) is 0. The van der Waals surface area contributed by atoms with E-state index < -0.39 is 5.60 Å². The van der Waals surface area contributed by atoms with Crippen molar-refractivity contribution in [2.24, 2.45) is 5.92 Å². The highest BCUT2D eigenvalue weighted by Crippen LogP contribution is 2.28. The number of ketones is 1. The van der Waals surface area contributed by atoms with Crippen molar-refractivity contribution in [3.8, 4) is 22.9 Å². The summed E-state index contributed by atoms with van der Waals surface area (Å²) in [5.74, 6) is 1.09. The SMILES string of the molecule is CC(=O)c1cc(OCCC2CCN(C(=O)OC(C)(C)C)CC2)cc(-c2cccc(C#N)c2)c1. The maximum Gasteiger partial charge on any atom is 0.410 e. The quantitative estimate of drug-likeness (QED) is 0.518. The molecule has 0 spiro atoms. The molecule has 33 heavy (non-hydrogen) atoms. The molecule has 0 aromatic heterocycles. The van der Waals surface area contributed by atoms with E-state index in [0.29, 0.717) is 42.5 Å². The minimum absolute atomic E-state index is 0.0346. The second-order valence-corrected chi connectivity index (χ2v) is 9.54.